The number of carbonyl (C=O) groups excluding carboxylic acids is 1. The van der Waals surface area contributed by atoms with Crippen LogP contribution in [-0.2, 0) is 4.74 Å². The van der Waals surface area contributed by atoms with E-state index in [1.54, 1.807) is 7.05 Å². The van der Waals surface area contributed by atoms with E-state index < -0.39 is 0 Å². The van der Waals surface area contributed by atoms with Gasteiger partial charge in [-0.3, -0.25) is 0 Å². The third kappa shape index (κ3) is 4.90. The first-order valence-corrected chi connectivity index (χ1v) is 4.19. The van der Waals surface area contributed by atoms with E-state index in [4.69, 9.17) is 11.6 Å². The predicted octanol–water partition coefficient (Wildman–Crippen LogP) is 2.05. The molecule has 0 aliphatic heterocycles. The number of halogens is 1. The zero-order chi connectivity index (χ0) is 8.69. The summed E-state index contributed by atoms with van der Waals surface area (Å²) < 4.78 is 4.55. The fourth-order valence-corrected chi connectivity index (χ4v) is 0.737. The molecule has 1 amide bonds. The van der Waals surface area contributed by atoms with Gasteiger partial charge in [0.15, 0.2) is 6.07 Å². The highest BCUT2D eigenvalue weighted by molar-refractivity contribution is 6.17. The van der Waals surface area contributed by atoms with Gasteiger partial charge < -0.3 is 9.64 Å². The molecule has 0 aromatic rings. The molecule has 0 fully saturated rings. The van der Waals surface area contributed by atoms with Crippen molar-refractivity contribution >= 4 is 17.7 Å². The third-order valence-electron chi connectivity index (χ3n) is 1.34. The monoisotopic (exact) mass is 179 g/mol. The number of amides is 1. The van der Waals surface area contributed by atoms with Crippen molar-refractivity contribution in [3.05, 3.63) is 0 Å². The van der Waals surface area contributed by atoms with Gasteiger partial charge in [0.25, 0.3) is 0 Å². The number of nitrogens with zero attached hydrogens (tertiary/aromatic N) is 1. The summed E-state index contributed by atoms with van der Waals surface area (Å²) in [6.45, 7) is 2.80. The minimum absolute atomic E-state index is 0.0741. The summed E-state index contributed by atoms with van der Waals surface area (Å²) in [6.07, 6.45) is 1.71. The molecule has 66 valence electrons. The van der Waals surface area contributed by atoms with Gasteiger partial charge in [0.1, 0.15) is 0 Å². The summed E-state index contributed by atoms with van der Waals surface area (Å²) in [5.74, 6) is 0. The lowest BCUT2D eigenvalue weighted by Crippen LogP contribution is -2.28. The van der Waals surface area contributed by atoms with Crippen molar-refractivity contribution in [3.63, 3.8) is 0 Å². The highest BCUT2D eigenvalue weighted by atomic mass is 35.5. The second-order valence-electron chi connectivity index (χ2n) is 2.29. The molecule has 0 heterocycles. The number of ether oxygens (including phenoxy) is 1. The van der Waals surface area contributed by atoms with Gasteiger partial charge in [-0.05, 0) is 6.42 Å². The minimum atomic E-state index is -0.353. The molecule has 0 spiro atoms. The van der Waals surface area contributed by atoms with Crippen molar-refractivity contribution in [2.75, 3.05) is 19.7 Å². The number of unbranched alkanes of at least 4 members (excludes halogenated alkanes) is 1. The molecule has 0 aromatic heterocycles. The van der Waals surface area contributed by atoms with E-state index in [1.165, 1.54) is 4.90 Å². The molecule has 0 unspecified atom stereocenters. The lowest BCUT2D eigenvalue weighted by molar-refractivity contribution is 0.127. The minimum Gasteiger partial charge on any atom is -0.433 e. The number of hydrogen-bond donors (Lipinski definition) is 0. The molecule has 0 rings (SSSR count). The first kappa shape index (κ1) is 10.6. The van der Waals surface area contributed by atoms with Crippen LogP contribution in [-0.4, -0.2) is 30.7 Å². The molecule has 11 heavy (non-hydrogen) atoms. The van der Waals surface area contributed by atoms with Crippen LogP contribution in [0.2, 0.25) is 0 Å². The Labute approximate surface area is 72.3 Å². The van der Waals surface area contributed by atoms with Gasteiger partial charge in [0.2, 0.25) is 0 Å². The van der Waals surface area contributed by atoms with Gasteiger partial charge >= 0.3 is 6.09 Å². The lowest BCUT2D eigenvalue weighted by Gasteiger charge is -2.14. The fraction of sp³-hybridized carbons (Fsp3) is 0.857. The molecular weight excluding hydrogens is 166 g/mol. The summed E-state index contributed by atoms with van der Waals surface area (Å²) in [7, 11) is 1.70. The molecule has 0 saturated heterocycles. The predicted molar refractivity (Wildman–Crippen MR) is 44.7 cm³/mol. The van der Waals surface area contributed by atoms with E-state index in [1.807, 2.05) is 0 Å². The summed E-state index contributed by atoms with van der Waals surface area (Å²) in [4.78, 5) is 12.4. The van der Waals surface area contributed by atoms with Crippen molar-refractivity contribution in [1.82, 2.24) is 4.90 Å². The average Bonchev–Trinajstić information content (AvgIpc) is 2.00. The van der Waals surface area contributed by atoms with Crippen LogP contribution in [0.25, 0.3) is 0 Å². The molecule has 3 nitrogen and oxygen atoms in total. The molecule has 0 atom stereocenters. The molecule has 0 bridgehead atoms. The number of alkyl halides is 1. The Morgan fingerprint density at radius 2 is 2.27 bits per heavy atom. The van der Waals surface area contributed by atoms with Gasteiger partial charge in [-0.15, -0.1) is 0 Å². The Kier molecular flexibility index (Phi) is 6.03. The van der Waals surface area contributed by atoms with Crippen LogP contribution in [0.4, 0.5) is 4.79 Å². The van der Waals surface area contributed by atoms with E-state index in [9.17, 15) is 4.79 Å². The first-order chi connectivity index (χ1) is 5.22. The number of hydrogen-bond acceptors (Lipinski definition) is 2. The standard InChI is InChI=1S/C7H14ClNO2/c1-3-4-5-9(2)7(10)11-6-8/h3-6H2,1-2H3. The molecule has 0 aliphatic carbocycles. The van der Waals surface area contributed by atoms with Gasteiger partial charge in [-0.2, -0.15) is 0 Å². The van der Waals surface area contributed by atoms with Crippen molar-refractivity contribution < 1.29 is 9.53 Å². The highest BCUT2D eigenvalue weighted by Gasteiger charge is 2.06. The van der Waals surface area contributed by atoms with Crippen LogP contribution in [0.1, 0.15) is 19.8 Å². The largest absolute Gasteiger partial charge is 0.433 e. The van der Waals surface area contributed by atoms with E-state index in [-0.39, 0.29) is 12.2 Å². The maximum Gasteiger partial charge on any atom is 0.410 e. The Morgan fingerprint density at radius 3 is 2.73 bits per heavy atom. The van der Waals surface area contributed by atoms with Gasteiger partial charge in [-0.25, -0.2) is 4.79 Å². The number of carbonyl (C=O) groups is 1. The fourth-order valence-electron chi connectivity index (χ4n) is 0.643. The summed E-state index contributed by atoms with van der Waals surface area (Å²) >= 11 is 5.20. The van der Waals surface area contributed by atoms with E-state index in [0.29, 0.717) is 0 Å². The Morgan fingerprint density at radius 1 is 1.64 bits per heavy atom. The highest BCUT2D eigenvalue weighted by Crippen LogP contribution is 1.95. The van der Waals surface area contributed by atoms with Gasteiger partial charge in [-0.1, -0.05) is 24.9 Å². The van der Waals surface area contributed by atoms with Crippen LogP contribution in [0.5, 0.6) is 0 Å². The molecule has 4 heteroatoms. The molecule has 0 aliphatic rings. The zero-order valence-corrected chi connectivity index (χ0v) is 7.73. The van der Waals surface area contributed by atoms with E-state index >= 15 is 0 Å². The third-order valence-corrected chi connectivity index (χ3v) is 1.45. The first-order valence-electron chi connectivity index (χ1n) is 3.66. The maximum atomic E-state index is 10.9. The van der Waals surface area contributed by atoms with Crippen LogP contribution in [0, 0.1) is 0 Å². The number of rotatable bonds is 4. The Hall–Kier alpha value is -0.440. The molecule has 0 saturated carbocycles. The normalized spacial score (nSPS) is 9.36. The van der Waals surface area contributed by atoms with Gasteiger partial charge in [0.05, 0.1) is 0 Å². The van der Waals surface area contributed by atoms with Crippen molar-refractivity contribution in [2.24, 2.45) is 0 Å². The summed E-state index contributed by atoms with van der Waals surface area (Å²) in [5.41, 5.74) is 0. The van der Waals surface area contributed by atoms with Crippen LogP contribution in [0.15, 0.2) is 0 Å². The maximum absolute atomic E-state index is 10.9. The SMILES string of the molecule is CCCCN(C)C(=O)OCCl. The van der Waals surface area contributed by atoms with Crippen LogP contribution >= 0.6 is 11.6 Å². The molecule has 0 N–H and O–H groups in total. The smallest absolute Gasteiger partial charge is 0.410 e. The van der Waals surface area contributed by atoms with Crippen molar-refractivity contribution in [3.8, 4) is 0 Å². The molecule has 0 radical (unpaired) electrons. The Balaban J connectivity index is 3.46. The summed E-state index contributed by atoms with van der Waals surface area (Å²) in [6, 6.07) is -0.0741. The lowest BCUT2D eigenvalue weighted by atomic mass is 10.3. The topological polar surface area (TPSA) is 29.5 Å². The quantitative estimate of drug-likeness (QED) is 0.619. The molecular formula is C7H14ClNO2. The second-order valence-corrected chi connectivity index (χ2v) is 2.51. The van der Waals surface area contributed by atoms with Gasteiger partial charge in [0, 0.05) is 13.6 Å². The van der Waals surface area contributed by atoms with Crippen LogP contribution < -0.4 is 0 Å². The second kappa shape index (κ2) is 6.28. The Bertz CT molecular complexity index is 119. The van der Waals surface area contributed by atoms with E-state index in [2.05, 4.69) is 11.7 Å². The zero-order valence-electron chi connectivity index (χ0n) is 6.97. The summed E-state index contributed by atoms with van der Waals surface area (Å²) in [5, 5.41) is 0. The van der Waals surface area contributed by atoms with Crippen LogP contribution in [0.3, 0.4) is 0 Å². The average molecular weight is 180 g/mol. The molecule has 0 aromatic carbocycles. The van der Waals surface area contributed by atoms with Crippen molar-refractivity contribution in [2.45, 2.75) is 19.8 Å². The van der Waals surface area contributed by atoms with Crippen molar-refractivity contribution in [1.29, 1.82) is 0 Å². The van der Waals surface area contributed by atoms with E-state index in [0.717, 1.165) is 19.4 Å².